The minimum absolute atomic E-state index is 0.0729. The minimum Gasteiger partial charge on any atom is -0.324 e. The quantitative estimate of drug-likeness (QED) is 0.843. The maximum Gasteiger partial charge on any atom is 0.281 e. The van der Waals surface area contributed by atoms with Gasteiger partial charge in [0, 0.05) is 46.0 Å². The van der Waals surface area contributed by atoms with Crippen molar-refractivity contribution in [2.45, 2.75) is 13.8 Å². The van der Waals surface area contributed by atoms with Crippen LogP contribution in [0.1, 0.15) is 11.1 Å². The van der Waals surface area contributed by atoms with E-state index in [4.69, 9.17) is 0 Å². The number of para-hydroxylation sites is 1. The highest BCUT2D eigenvalue weighted by molar-refractivity contribution is 7.86. The van der Waals surface area contributed by atoms with Gasteiger partial charge in [0.05, 0.1) is 6.54 Å². The van der Waals surface area contributed by atoms with Crippen molar-refractivity contribution in [1.82, 2.24) is 13.5 Å². The van der Waals surface area contributed by atoms with Gasteiger partial charge in [0.25, 0.3) is 10.2 Å². The minimum atomic E-state index is -3.37. The van der Waals surface area contributed by atoms with Gasteiger partial charge in [-0.2, -0.15) is 17.0 Å². The Morgan fingerprint density at radius 3 is 2.17 bits per heavy atom. The smallest absolute Gasteiger partial charge is 0.281 e. The van der Waals surface area contributed by atoms with E-state index in [0.29, 0.717) is 26.2 Å². The molecule has 1 N–H and O–H groups in total. The summed E-state index contributed by atoms with van der Waals surface area (Å²) < 4.78 is 26.8. The number of aryl methyl sites for hydroxylation is 2. The van der Waals surface area contributed by atoms with Gasteiger partial charge in [0.15, 0.2) is 0 Å². The Morgan fingerprint density at radius 1 is 1.12 bits per heavy atom. The van der Waals surface area contributed by atoms with Crippen LogP contribution in [0.5, 0.6) is 0 Å². The average molecular weight is 354 g/mol. The molecule has 0 aliphatic carbocycles. The summed E-state index contributed by atoms with van der Waals surface area (Å²) in [7, 11) is -0.317. The van der Waals surface area contributed by atoms with E-state index in [-0.39, 0.29) is 12.5 Å². The number of nitrogens with one attached hydrogen (secondary N) is 1. The molecule has 0 bridgehead atoms. The van der Waals surface area contributed by atoms with Crippen molar-refractivity contribution in [2.75, 3.05) is 52.1 Å². The molecule has 7 nitrogen and oxygen atoms in total. The summed E-state index contributed by atoms with van der Waals surface area (Å²) in [6.45, 7) is 6.10. The van der Waals surface area contributed by atoms with E-state index >= 15 is 0 Å². The van der Waals surface area contributed by atoms with Crippen molar-refractivity contribution in [1.29, 1.82) is 0 Å². The number of carbonyl (C=O) groups excluding carboxylic acids is 1. The number of hydrogen-bond acceptors (Lipinski definition) is 4. The van der Waals surface area contributed by atoms with Crippen molar-refractivity contribution in [2.24, 2.45) is 0 Å². The molecule has 24 heavy (non-hydrogen) atoms. The zero-order chi connectivity index (χ0) is 17.9. The van der Waals surface area contributed by atoms with Crippen LogP contribution in [0.2, 0.25) is 0 Å². The maximum atomic E-state index is 12.3. The summed E-state index contributed by atoms with van der Waals surface area (Å²) in [5.74, 6) is -0.0729. The zero-order valence-electron chi connectivity index (χ0n) is 14.7. The Morgan fingerprint density at radius 2 is 1.67 bits per heavy atom. The van der Waals surface area contributed by atoms with Crippen molar-refractivity contribution in [3.8, 4) is 0 Å². The summed E-state index contributed by atoms with van der Waals surface area (Å²) >= 11 is 0. The SMILES string of the molecule is Cc1cccc(C)c1NC(=O)CN1CCN(S(=O)(=O)N(C)C)CC1. The van der Waals surface area contributed by atoms with Crippen LogP contribution >= 0.6 is 0 Å². The van der Waals surface area contributed by atoms with Gasteiger partial charge in [0.1, 0.15) is 0 Å². The first kappa shape index (κ1) is 18.9. The predicted octanol–water partition coefficient (Wildman–Crippen LogP) is 0.666. The monoisotopic (exact) mass is 354 g/mol. The van der Waals surface area contributed by atoms with Crippen molar-refractivity contribution >= 4 is 21.8 Å². The summed E-state index contributed by atoms with van der Waals surface area (Å²) in [5, 5.41) is 2.96. The Bertz CT molecular complexity index is 675. The largest absolute Gasteiger partial charge is 0.324 e. The molecule has 1 amide bonds. The molecule has 0 radical (unpaired) electrons. The van der Waals surface area contributed by atoms with Crippen LogP contribution in [0.3, 0.4) is 0 Å². The van der Waals surface area contributed by atoms with Crippen molar-refractivity contribution in [3.63, 3.8) is 0 Å². The second kappa shape index (κ2) is 7.60. The summed E-state index contributed by atoms with van der Waals surface area (Å²) in [6.07, 6.45) is 0. The van der Waals surface area contributed by atoms with Crippen LogP contribution in [0.15, 0.2) is 18.2 Å². The van der Waals surface area contributed by atoms with E-state index < -0.39 is 10.2 Å². The fraction of sp³-hybridized carbons (Fsp3) is 0.562. The maximum absolute atomic E-state index is 12.3. The molecule has 1 aliphatic rings. The van der Waals surface area contributed by atoms with Gasteiger partial charge in [0.2, 0.25) is 5.91 Å². The first-order valence-electron chi connectivity index (χ1n) is 7.98. The number of rotatable bonds is 5. The molecule has 1 fully saturated rings. The van der Waals surface area contributed by atoms with Crippen LogP contribution in [0.4, 0.5) is 5.69 Å². The lowest BCUT2D eigenvalue weighted by atomic mass is 10.1. The lowest BCUT2D eigenvalue weighted by Gasteiger charge is -2.34. The van der Waals surface area contributed by atoms with Gasteiger partial charge >= 0.3 is 0 Å². The molecule has 8 heteroatoms. The number of benzene rings is 1. The van der Waals surface area contributed by atoms with E-state index in [0.717, 1.165) is 16.8 Å². The molecule has 0 aromatic heterocycles. The van der Waals surface area contributed by atoms with E-state index in [2.05, 4.69) is 5.32 Å². The molecule has 0 atom stereocenters. The van der Waals surface area contributed by atoms with Crippen LogP contribution in [0, 0.1) is 13.8 Å². The van der Waals surface area contributed by atoms with E-state index in [1.165, 1.54) is 22.7 Å². The van der Waals surface area contributed by atoms with Gasteiger partial charge < -0.3 is 5.32 Å². The van der Waals surface area contributed by atoms with Gasteiger partial charge in [-0.25, -0.2) is 0 Å². The lowest BCUT2D eigenvalue weighted by Crippen LogP contribution is -2.52. The highest BCUT2D eigenvalue weighted by atomic mass is 32.2. The molecule has 1 aromatic rings. The molecular weight excluding hydrogens is 328 g/mol. The number of amides is 1. The van der Waals surface area contributed by atoms with Crippen molar-refractivity contribution in [3.05, 3.63) is 29.3 Å². The molecule has 1 aromatic carbocycles. The third-order valence-corrected chi connectivity index (χ3v) is 6.17. The van der Waals surface area contributed by atoms with Crippen LogP contribution in [-0.4, -0.2) is 74.7 Å². The molecule has 0 unspecified atom stereocenters. The van der Waals surface area contributed by atoms with Crippen LogP contribution in [-0.2, 0) is 15.0 Å². The van der Waals surface area contributed by atoms with E-state index in [1.54, 1.807) is 0 Å². The standard InChI is InChI=1S/C16H26N4O3S/c1-13-6-5-7-14(2)16(13)17-15(21)12-19-8-10-20(11-9-19)24(22,23)18(3)4/h5-7H,8-12H2,1-4H3,(H,17,21). The number of nitrogens with zero attached hydrogens (tertiary/aromatic N) is 3. The molecule has 1 aliphatic heterocycles. The highest BCUT2D eigenvalue weighted by Crippen LogP contribution is 2.19. The summed E-state index contributed by atoms with van der Waals surface area (Å²) in [5.41, 5.74) is 2.92. The number of carbonyl (C=O) groups is 1. The van der Waals surface area contributed by atoms with E-state index in [1.807, 2.05) is 36.9 Å². The summed E-state index contributed by atoms with van der Waals surface area (Å²) in [4.78, 5) is 14.3. The molecular formula is C16H26N4O3S. The third-order valence-electron chi connectivity index (χ3n) is 4.23. The first-order valence-corrected chi connectivity index (χ1v) is 9.37. The molecule has 0 saturated carbocycles. The Balaban J connectivity index is 1.89. The average Bonchev–Trinajstić information content (AvgIpc) is 2.51. The van der Waals surface area contributed by atoms with Crippen molar-refractivity contribution < 1.29 is 13.2 Å². The van der Waals surface area contributed by atoms with Gasteiger partial charge in [-0.3, -0.25) is 9.69 Å². The molecule has 1 heterocycles. The molecule has 134 valence electrons. The molecule has 0 spiro atoms. The van der Waals surface area contributed by atoms with Crippen LogP contribution in [0.25, 0.3) is 0 Å². The lowest BCUT2D eigenvalue weighted by molar-refractivity contribution is -0.117. The molecule has 2 rings (SSSR count). The molecule has 1 saturated heterocycles. The highest BCUT2D eigenvalue weighted by Gasteiger charge is 2.29. The van der Waals surface area contributed by atoms with Crippen LogP contribution < -0.4 is 5.32 Å². The topological polar surface area (TPSA) is 73.0 Å². The zero-order valence-corrected chi connectivity index (χ0v) is 15.6. The number of hydrogen-bond donors (Lipinski definition) is 1. The first-order chi connectivity index (χ1) is 11.2. The normalized spacial score (nSPS) is 17.2. The van der Waals surface area contributed by atoms with Gasteiger partial charge in [-0.1, -0.05) is 18.2 Å². The van der Waals surface area contributed by atoms with E-state index in [9.17, 15) is 13.2 Å². The second-order valence-corrected chi connectivity index (χ2v) is 8.42. The Labute approximate surface area is 144 Å². The fourth-order valence-corrected chi connectivity index (χ4v) is 3.83. The summed E-state index contributed by atoms with van der Waals surface area (Å²) in [6, 6.07) is 5.89. The Kier molecular flexibility index (Phi) is 5.97. The third kappa shape index (κ3) is 4.32. The Hall–Kier alpha value is -1.48. The van der Waals surface area contributed by atoms with Gasteiger partial charge in [-0.15, -0.1) is 0 Å². The van der Waals surface area contributed by atoms with Gasteiger partial charge in [-0.05, 0) is 25.0 Å². The number of piperazine rings is 1. The second-order valence-electron chi connectivity index (χ2n) is 6.28. The number of anilines is 1. The fourth-order valence-electron chi connectivity index (χ4n) is 2.74. The predicted molar refractivity (Wildman–Crippen MR) is 95.2 cm³/mol.